The largest absolute Gasteiger partial charge is 0.337 e. The zero-order valence-corrected chi connectivity index (χ0v) is 11.8. The van der Waals surface area contributed by atoms with E-state index in [1.807, 2.05) is 20.2 Å². The molecule has 0 saturated carbocycles. The van der Waals surface area contributed by atoms with E-state index in [0.717, 1.165) is 11.3 Å². The molecule has 0 aliphatic rings. The monoisotopic (exact) mass is 278 g/mol. The highest BCUT2D eigenvalue weighted by molar-refractivity contribution is 6.29. The summed E-state index contributed by atoms with van der Waals surface area (Å²) in [5.41, 5.74) is 2.25. The van der Waals surface area contributed by atoms with Gasteiger partial charge in [0.05, 0.1) is 6.20 Å². The minimum atomic E-state index is -0.0868. The fraction of sp³-hybridized carbons (Fsp3) is 0.308. The van der Waals surface area contributed by atoms with Crippen LogP contribution in [0.25, 0.3) is 0 Å². The molecule has 0 radical (unpaired) electrons. The first-order chi connectivity index (χ1) is 8.95. The molecule has 0 aliphatic carbocycles. The SMILES string of the molecule is Cc1cc(C(=O)N(C)Cc2cnn(C)c2)cc(Cl)n1. The minimum Gasteiger partial charge on any atom is -0.337 e. The molecule has 0 spiro atoms. The minimum absolute atomic E-state index is 0.0868. The molecule has 0 unspecified atom stereocenters. The van der Waals surface area contributed by atoms with E-state index in [1.54, 1.807) is 35.0 Å². The second-order valence-corrected chi connectivity index (χ2v) is 4.89. The second-order valence-electron chi connectivity index (χ2n) is 4.50. The average Bonchev–Trinajstić information content (AvgIpc) is 2.72. The van der Waals surface area contributed by atoms with Gasteiger partial charge in [0.1, 0.15) is 5.15 Å². The van der Waals surface area contributed by atoms with Crippen molar-refractivity contribution in [2.24, 2.45) is 7.05 Å². The third-order valence-corrected chi connectivity index (χ3v) is 2.89. The summed E-state index contributed by atoms with van der Waals surface area (Å²) < 4.78 is 1.71. The molecular formula is C13H15ClN4O. The van der Waals surface area contributed by atoms with Crippen LogP contribution in [0.3, 0.4) is 0 Å². The summed E-state index contributed by atoms with van der Waals surface area (Å²) >= 11 is 5.87. The predicted molar refractivity (Wildman–Crippen MR) is 73.0 cm³/mol. The Morgan fingerprint density at radius 2 is 2.21 bits per heavy atom. The first-order valence-corrected chi connectivity index (χ1v) is 6.20. The fourth-order valence-corrected chi connectivity index (χ4v) is 2.12. The molecule has 19 heavy (non-hydrogen) atoms. The van der Waals surface area contributed by atoms with Crippen molar-refractivity contribution in [2.75, 3.05) is 7.05 Å². The first kappa shape index (κ1) is 13.5. The van der Waals surface area contributed by atoms with Crippen LogP contribution in [0.2, 0.25) is 5.15 Å². The zero-order chi connectivity index (χ0) is 14.0. The van der Waals surface area contributed by atoms with Crippen LogP contribution in [0.1, 0.15) is 21.6 Å². The molecule has 0 fully saturated rings. The van der Waals surface area contributed by atoms with Gasteiger partial charge in [-0.2, -0.15) is 5.10 Å². The molecule has 2 rings (SSSR count). The van der Waals surface area contributed by atoms with Crippen molar-refractivity contribution in [1.82, 2.24) is 19.7 Å². The molecule has 0 atom stereocenters. The molecule has 0 aliphatic heterocycles. The van der Waals surface area contributed by atoms with Crippen molar-refractivity contribution in [2.45, 2.75) is 13.5 Å². The Hall–Kier alpha value is -1.88. The Morgan fingerprint density at radius 1 is 1.47 bits per heavy atom. The van der Waals surface area contributed by atoms with Gasteiger partial charge in [-0.05, 0) is 19.1 Å². The average molecular weight is 279 g/mol. The Balaban J connectivity index is 2.14. The highest BCUT2D eigenvalue weighted by Gasteiger charge is 2.14. The third-order valence-electron chi connectivity index (χ3n) is 2.69. The lowest BCUT2D eigenvalue weighted by molar-refractivity contribution is 0.0785. The van der Waals surface area contributed by atoms with Gasteiger partial charge < -0.3 is 4.90 Å². The smallest absolute Gasteiger partial charge is 0.254 e. The van der Waals surface area contributed by atoms with Gasteiger partial charge in [0.15, 0.2) is 0 Å². The van der Waals surface area contributed by atoms with E-state index in [1.165, 1.54) is 0 Å². The molecule has 0 bridgehead atoms. The van der Waals surface area contributed by atoms with Crippen molar-refractivity contribution in [3.8, 4) is 0 Å². The van der Waals surface area contributed by atoms with Gasteiger partial charge >= 0.3 is 0 Å². The number of hydrogen-bond acceptors (Lipinski definition) is 3. The van der Waals surface area contributed by atoms with E-state index in [4.69, 9.17) is 11.6 Å². The highest BCUT2D eigenvalue weighted by Crippen LogP contribution is 2.13. The molecular weight excluding hydrogens is 264 g/mol. The Morgan fingerprint density at radius 3 is 2.79 bits per heavy atom. The van der Waals surface area contributed by atoms with Gasteiger partial charge in [-0.15, -0.1) is 0 Å². The van der Waals surface area contributed by atoms with E-state index in [-0.39, 0.29) is 5.91 Å². The number of aromatic nitrogens is 3. The van der Waals surface area contributed by atoms with Crippen LogP contribution >= 0.6 is 11.6 Å². The summed E-state index contributed by atoms with van der Waals surface area (Å²) in [6.07, 6.45) is 3.63. The van der Waals surface area contributed by atoms with Gasteiger partial charge in [-0.1, -0.05) is 11.6 Å². The van der Waals surface area contributed by atoms with Crippen molar-refractivity contribution < 1.29 is 4.79 Å². The van der Waals surface area contributed by atoms with Crippen LogP contribution < -0.4 is 0 Å². The quantitative estimate of drug-likeness (QED) is 0.808. The molecule has 0 saturated heterocycles. The molecule has 2 aromatic heterocycles. The molecule has 2 aromatic rings. The standard InChI is InChI=1S/C13H15ClN4O/c1-9-4-11(5-12(14)16-9)13(19)17(2)7-10-6-15-18(3)8-10/h4-6,8H,7H2,1-3H3. The lowest BCUT2D eigenvalue weighted by atomic mass is 10.2. The van der Waals surface area contributed by atoms with Crippen LogP contribution in [0.5, 0.6) is 0 Å². The third kappa shape index (κ3) is 3.32. The van der Waals surface area contributed by atoms with E-state index in [9.17, 15) is 4.79 Å². The molecule has 1 amide bonds. The fourth-order valence-electron chi connectivity index (χ4n) is 1.87. The van der Waals surface area contributed by atoms with Gasteiger partial charge in [0, 0.05) is 43.7 Å². The van der Waals surface area contributed by atoms with E-state index < -0.39 is 0 Å². The highest BCUT2D eigenvalue weighted by atomic mass is 35.5. The number of halogens is 1. The molecule has 0 N–H and O–H groups in total. The van der Waals surface area contributed by atoms with Crippen LogP contribution in [0, 0.1) is 6.92 Å². The van der Waals surface area contributed by atoms with Crippen molar-refractivity contribution in [3.63, 3.8) is 0 Å². The predicted octanol–water partition coefficient (Wildman–Crippen LogP) is 2.05. The number of carbonyl (C=O) groups excluding carboxylic acids is 1. The van der Waals surface area contributed by atoms with Crippen molar-refractivity contribution in [3.05, 3.63) is 46.5 Å². The molecule has 2 heterocycles. The number of aryl methyl sites for hydroxylation is 2. The van der Waals surface area contributed by atoms with Crippen LogP contribution in [-0.2, 0) is 13.6 Å². The Bertz CT molecular complexity index is 588. The Kier molecular flexibility index (Phi) is 3.85. The van der Waals surface area contributed by atoms with Gasteiger partial charge in [0.2, 0.25) is 0 Å². The number of hydrogen-bond donors (Lipinski definition) is 0. The number of carbonyl (C=O) groups is 1. The molecule has 100 valence electrons. The van der Waals surface area contributed by atoms with Gasteiger partial charge in [-0.25, -0.2) is 4.98 Å². The second kappa shape index (κ2) is 5.40. The maximum Gasteiger partial charge on any atom is 0.254 e. The van der Waals surface area contributed by atoms with Gasteiger partial charge in [-0.3, -0.25) is 9.48 Å². The van der Waals surface area contributed by atoms with E-state index in [0.29, 0.717) is 17.3 Å². The van der Waals surface area contributed by atoms with Crippen molar-refractivity contribution >= 4 is 17.5 Å². The van der Waals surface area contributed by atoms with Crippen LogP contribution in [-0.4, -0.2) is 32.6 Å². The summed E-state index contributed by atoms with van der Waals surface area (Å²) in [4.78, 5) is 17.9. The Labute approximate surface area is 116 Å². The summed E-state index contributed by atoms with van der Waals surface area (Å²) in [7, 11) is 3.59. The summed E-state index contributed by atoms with van der Waals surface area (Å²) in [6, 6.07) is 3.31. The summed E-state index contributed by atoms with van der Waals surface area (Å²) in [5, 5.41) is 4.41. The number of rotatable bonds is 3. The number of pyridine rings is 1. The maximum atomic E-state index is 12.3. The van der Waals surface area contributed by atoms with Gasteiger partial charge in [0.25, 0.3) is 5.91 Å². The van der Waals surface area contributed by atoms with Crippen LogP contribution in [0.4, 0.5) is 0 Å². The lowest BCUT2D eigenvalue weighted by Gasteiger charge is -2.16. The normalized spacial score (nSPS) is 10.5. The van der Waals surface area contributed by atoms with Crippen molar-refractivity contribution in [1.29, 1.82) is 0 Å². The zero-order valence-electron chi connectivity index (χ0n) is 11.1. The molecule has 6 heteroatoms. The first-order valence-electron chi connectivity index (χ1n) is 5.83. The van der Waals surface area contributed by atoms with Crippen LogP contribution in [0.15, 0.2) is 24.5 Å². The molecule has 0 aromatic carbocycles. The maximum absolute atomic E-state index is 12.3. The molecule has 5 nitrogen and oxygen atoms in total. The van der Waals surface area contributed by atoms with E-state index in [2.05, 4.69) is 10.1 Å². The summed E-state index contributed by atoms with van der Waals surface area (Å²) in [6.45, 7) is 2.31. The topological polar surface area (TPSA) is 51.0 Å². The number of amides is 1. The number of nitrogens with zero attached hydrogens (tertiary/aromatic N) is 4. The lowest BCUT2D eigenvalue weighted by Crippen LogP contribution is -2.26. The van der Waals surface area contributed by atoms with E-state index >= 15 is 0 Å². The summed E-state index contributed by atoms with van der Waals surface area (Å²) in [5.74, 6) is -0.0868.